The van der Waals surface area contributed by atoms with Crippen LogP contribution >= 0.6 is 0 Å². The van der Waals surface area contributed by atoms with Gasteiger partial charge in [0.2, 0.25) is 0 Å². The molecule has 174 valence electrons. The number of hydrogen-bond donors (Lipinski definition) is 1. The summed E-state index contributed by atoms with van der Waals surface area (Å²) in [5.41, 5.74) is 2.30. The van der Waals surface area contributed by atoms with Crippen LogP contribution in [0.2, 0.25) is 0 Å². The maximum atomic E-state index is 13.1. The van der Waals surface area contributed by atoms with Gasteiger partial charge in [0.1, 0.15) is 18.0 Å². The van der Waals surface area contributed by atoms with Crippen molar-refractivity contribution in [2.45, 2.75) is 25.3 Å². The Balaban J connectivity index is 1.55. The molecule has 9 heteroatoms. The molecule has 0 fully saturated rings. The van der Waals surface area contributed by atoms with E-state index in [2.05, 4.69) is 4.72 Å². The van der Waals surface area contributed by atoms with E-state index < -0.39 is 27.4 Å². The fraction of sp³-hybridized carbons (Fsp3) is 0.120. The van der Waals surface area contributed by atoms with Gasteiger partial charge >= 0.3 is 11.6 Å². The van der Waals surface area contributed by atoms with E-state index in [0.717, 1.165) is 23.3 Å². The van der Waals surface area contributed by atoms with Crippen LogP contribution in [0.4, 0.5) is 10.1 Å². The molecule has 3 aromatic carbocycles. The molecule has 0 radical (unpaired) electrons. The predicted octanol–water partition coefficient (Wildman–Crippen LogP) is 4.71. The molecule has 1 heterocycles. The molecule has 7 nitrogen and oxygen atoms in total. The Labute approximate surface area is 194 Å². The molecule has 0 aliphatic carbocycles. The minimum atomic E-state index is -4.03. The van der Waals surface area contributed by atoms with Crippen molar-refractivity contribution in [2.24, 2.45) is 0 Å². The van der Waals surface area contributed by atoms with E-state index in [1.165, 1.54) is 42.5 Å². The molecule has 0 bridgehead atoms. The summed E-state index contributed by atoms with van der Waals surface area (Å²) in [6.07, 6.45) is 0. The van der Waals surface area contributed by atoms with Crippen LogP contribution in [-0.4, -0.2) is 14.4 Å². The van der Waals surface area contributed by atoms with Crippen LogP contribution in [0.5, 0.6) is 0 Å². The molecule has 0 aliphatic heterocycles. The first kappa shape index (κ1) is 23.2. The van der Waals surface area contributed by atoms with Gasteiger partial charge in [-0.1, -0.05) is 18.2 Å². The highest BCUT2D eigenvalue weighted by Gasteiger charge is 2.18. The number of benzene rings is 3. The number of carbonyl (C=O) groups is 1. The van der Waals surface area contributed by atoms with Crippen LogP contribution in [0.15, 0.2) is 80.8 Å². The third-order valence-corrected chi connectivity index (χ3v) is 6.73. The lowest BCUT2D eigenvalue weighted by Gasteiger charge is -2.11. The van der Waals surface area contributed by atoms with Gasteiger partial charge in [0.15, 0.2) is 0 Å². The van der Waals surface area contributed by atoms with Gasteiger partial charge in [-0.15, -0.1) is 0 Å². The van der Waals surface area contributed by atoms with E-state index in [1.807, 2.05) is 19.9 Å². The van der Waals surface area contributed by atoms with Crippen molar-refractivity contribution in [1.82, 2.24) is 0 Å². The normalized spacial score (nSPS) is 11.4. The van der Waals surface area contributed by atoms with E-state index in [4.69, 9.17) is 9.15 Å². The first-order valence-electron chi connectivity index (χ1n) is 10.2. The Morgan fingerprint density at radius 3 is 2.50 bits per heavy atom. The molecule has 0 saturated heterocycles. The summed E-state index contributed by atoms with van der Waals surface area (Å²) >= 11 is 0. The van der Waals surface area contributed by atoms with Gasteiger partial charge in [-0.3, -0.25) is 4.72 Å². The summed E-state index contributed by atoms with van der Waals surface area (Å²) in [5, 5.41) is 0.648. The summed E-state index contributed by atoms with van der Waals surface area (Å²) in [6.45, 7) is 3.53. The topological polar surface area (TPSA) is 103 Å². The van der Waals surface area contributed by atoms with Crippen LogP contribution in [-0.2, 0) is 21.4 Å². The molecule has 4 aromatic rings. The molecule has 0 amide bonds. The molecular weight excluding hydrogens is 461 g/mol. The Morgan fingerprint density at radius 2 is 1.76 bits per heavy atom. The number of sulfonamides is 1. The number of esters is 1. The van der Waals surface area contributed by atoms with E-state index in [1.54, 1.807) is 6.07 Å². The van der Waals surface area contributed by atoms with Crippen molar-refractivity contribution >= 4 is 32.6 Å². The molecule has 0 saturated carbocycles. The van der Waals surface area contributed by atoms with E-state index >= 15 is 0 Å². The molecule has 1 N–H and O–H groups in total. The number of fused-ring (bicyclic) bond motifs is 1. The number of nitrogens with one attached hydrogen (secondary N) is 1. The van der Waals surface area contributed by atoms with Gasteiger partial charge in [-0.2, -0.15) is 0 Å². The number of aryl methyl sites for hydroxylation is 2. The fourth-order valence-corrected chi connectivity index (χ4v) is 4.50. The number of carbonyl (C=O) groups excluding carboxylic acids is 1. The monoisotopic (exact) mass is 481 g/mol. The van der Waals surface area contributed by atoms with Crippen molar-refractivity contribution in [3.8, 4) is 0 Å². The van der Waals surface area contributed by atoms with Crippen LogP contribution in [0.3, 0.4) is 0 Å². The highest BCUT2D eigenvalue weighted by Crippen LogP contribution is 2.24. The van der Waals surface area contributed by atoms with Gasteiger partial charge in [0.05, 0.1) is 10.5 Å². The predicted molar refractivity (Wildman–Crippen MR) is 125 cm³/mol. The number of rotatable bonds is 6. The lowest BCUT2D eigenvalue weighted by Crippen LogP contribution is -2.14. The SMILES string of the molecule is Cc1ccc2c(COC(=O)c3cccc(S(=O)(=O)Nc4ccc(F)cc4)c3)cc(=O)oc2c1C. The Kier molecular flexibility index (Phi) is 6.21. The average molecular weight is 482 g/mol. The van der Waals surface area contributed by atoms with Crippen molar-refractivity contribution in [3.63, 3.8) is 0 Å². The smallest absolute Gasteiger partial charge is 0.338 e. The molecule has 0 spiro atoms. The van der Waals surface area contributed by atoms with E-state index in [-0.39, 0.29) is 22.8 Å². The van der Waals surface area contributed by atoms with E-state index in [9.17, 15) is 22.4 Å². The standard InChI is InChI=1S/C25H20FNO6S/c1-15-6-11-22-18(13-23(28)33-24(22)16(15)2)14-32-25(29)17-4-3-5-21(12-17)34(30,31)27-20-9-7-19(26)8-10-20/h3-13,27H,14H2,1-2H3. The highest BCUT2D eigenvalue weighted by molar-refractivity contribution is 7.92. The number of halogens is 1. The third-order valence-electron chi connectivity index (χ3n) is 5.35. The summed E-state index contributed by atoms with van der Waals surface area (Å²) in [6, 6.07) is 15.1. The fourth-order valence-electron chi connectivity index (χ4n) is 3.39. The summed E-state index contributed by atoms with van der Waals surface area (Å²) in [5.74, 6) is -1.26. The van der Waals surface area contributed by atoms with Gasteiger partial charge in [-0.05, 0) is 67.4 Å². The number of ether oxygens (including phenoxy) is 1. The van der Waals surface area contributed by atoms with Crippen LogP contribution in [0.25, 0.3) is 11.0 Å². The summed E-state index contributed by atoms with van der Waals surface area (Å²) in [7, 11) is -4.03. The minimum Gasteiger partial charge on any atom is -0.457 e. The molecule has 1 aromatic heterocycles. The molecule has 4 rings (SSSR count). The molecule has 34 heavy (non-hydrogen) atoms. The first-order chi connectivity index (χ1) is 16.1. The molecule has 0 aliphatic rings. The minimum absolute atomic E-state index is 0.0151. The lowest BCUT2D eigenvalue weighted by atomic mass is 10.0. The molecule has 0 unspecified atom stereocenters. The average Bonchev–Trinajstić information content (AvgIpc) is 2.81. The first-order valence-corrected chi connectivity index (χ1v) is 11.7. The van der Waals surface area contributed by atoms with Crippen LogP contribution in [0, 0.1) is 19.7 Å². The molecular formula is C25H20FNO6S. The highest BCUT2D eigenvalue weighted by atomic mass is 32.2. The maximum absolute atomic E-state index is 13.1. The zero-order chi connectivity index (χ0) is 24.5. The second kappa shape index (κ2) is 9.11. The Hall–Kier alpha value is -3.98. The third kappa shape index (κ3) is 4.84. The second-order valence-electron chi connectivity index (χ2n) is 7.69. The van der Waals surface area contributed by atoms with Crippen LogP contribution < -0.4 is 10.3 Å². The Bertz CT molecular complexity index is 1560. The van der Waals surface area contributed by atoms with Crippen molar-refractivity contribution in [2.75, 3.05) is 4.72 Å². The Morgan fingerprint density at radius 1 is 1.03 bits per heavy atom. The zero-order valence-electron chi connectivity index (χ0n) is 18.3. The second-order valence-corrected chi connectivity index (χ2v) is 9.37. The zero-order valence-corrected chi connectivity index (χ0v) is 19.1. The van der Waals surface area contributed by atoms with Gasteiger partial charge in [0.25, 0.3) is 10.0 Å². The van der Waals surface area contributed by atoms with E-state index in [0.29, 0.717) is 16.5 Å². The van der Waals surface area contributed by atoms with Crippen molar-refractivity contribution in [1.29, 1.82) is 0 Å². The van der Waals surface area contributed by atoms with Crippen LogP contribution in [0.1, 0.15) is 27.0 Å². The van der Waals surface area contributed by atoms with Gasteiger partial charge in [-0.25, -0.2) is 22.4 Å². The van der Waals surface area contributed by atoms with Gasteiger partial charge in [0, 0.05) is 22.7 Å². The number of hydrogen-bond acceptors (Lipinski definition) is 6. The number of anilines is 1. The summed E-state index contributed by atoms with van der Waals surface area (Å²) < 4.78 is 51.5. The van der Waals surface area contributed by atoms with Crippen molar-refractivity contribution in [3.05, 3.63) is 105 Å². The largest absolute Gasteiger partial charge is 0.457 e. The lowest BCUT2D eigenvalue weighted by molar-refractivity contribution is 0.0473. The van der Waals surface area contributed by atoms with Gasteiger partial charge < -0.3 is 9.15 Å². The maximum Gasteiger partial charge on any atom is 0.338 e. The summed E-state index contributed by atoms with van der Waals surface area (Å²) in [4.78, 5) is 24.5. The quantitative estimate of drug-likeness (QED) is 0.316. The van der Waals surface area contributed by atoms with Crippen molar-refractivity contribution < 1.29 is 26.8 Å². The molecule has 0 atom stereocenters.